The van der Waals surface area contributed by atoms with Crippen LogP contribution in [0.15, 0.2) is 42.5 Å². The second-order valence-corrected chi connectivity index (χ2v) is 4.72. The number of rotatable bonds is 3. The molecule has 2 rings (SSSR count). The predicted molar refractivity (Wildman–Crippen MR) is 79.6 cm³/mol. The highest BCUT2D eigenvalue weighted by atomic mass is 35.5. The quantitative estimate of drug-likeness (QED) is 0.838. The van der Waals surface area contributed by atoms with Crippen molar-refractivity contribution in [2.75, 3.05) is 11.1 Å². The lowest BCUT2D eigenvalue weighted by molar-refractivity contribution is 0.102. The minimum absolute atomic E-state index is 0.220. The molecule has 0 heterocycles. The number of halogens is 1. The number of hydrogen-bond acceptors (Lipinski definition) is 2. The summed E-state index contributed by atoms with van der Waals surface area (Å²) in [5.74, 6) is -0.220. The highest BCUT2D eigenvalue weighted by Gasteiger charge is 2.08. The van der Waals surface area contributed by atoms with E-state index in [0.717, 1.165) is 12.1 Å². The van der Waals surface area contributed by atoms with E-state index in [0.29, 0.717) is 16.3 Å². The van der Waals surface area contributed by atoms with E-state index in [4.69, 9.17) is 17.3 Å². The van der Waals surface area contributed by atoms with Gasteiger partial charge in [0.1, 0.15) is 0 Å². The van der Waals surface area contributed by atoms with Gasteiger partial charge in [0.15, 0.2) is 0 Å². The summed E-state index contributed by atoms with van der Waals surface area (Å²) < 4.78 is 0. The van der Waals surface area contributed by atoms with Gasteiger partial charge in [0.05, 0.1) is 0 Å². The highest BCUT2D eigenvalue weighted by Crippen LogP contribution is 2.18. The van der Waals surface area contributed by atoms with E-state index < -0.39 is 0 Å². The van der Waals surface area contributed by atoms with Crippen LogP contribution in [-0.4, -0.2) is 5.91 Å². The number of nitrogens with one attached hydrogen (secondary N) is 1. The molecule has 1 amide bonds. The van der Waals surface area contributed by atoms with Crippen molar-refractivity contribution < 1.29 is 4.79 Å². The van der Waals surface area contributed by atoms with Crippen LogP contribution < -0.4 is 11.1 Å². The maximum Gasteiger partial charge on any atom is 0.255 e. The summed E-state index contributed by atoms with van der Waals surface area (Å²) >= 11 is 5.88. The largest absolute Gasteiger partial charge is 0.399 e. The van der Waals surface area contributed by atoms with Crippen LogP contribution in [0.5, 0.6) is 0 Å². The number of hydrogen-bond donors (Lipinski definition) is 2. The Labute approximate surface area is 117 Å². The first-order chi connectivity index (χ1) is 9.08. The lowest BCUT2D eigenvalue weighted by Gasteiger charge is -2.07. The first kappa shape index (κ1) is 13.4. The van der Waals surface area contributed by atoms with Crippen molar-refractivity contribution in [2.45, 2.75) is 13.3 Å². The number of benzene rings is 2. The Balaban J connectivity index is 2.20. The normalized spacial score (nSPS) is 10.2. The summed E-state index contributed by atoms with van der Waals surface area (Å²) in [4.78, 5) is 12.1. The lowest BCUT2D eigenvalue weighted by Crippen LogP contribution is -2.12. The van der Waals surface area contributed by atoms with E-state index in [-0.39, 0.29) is 5.91 Å². The van der Waals surface area contributed by atoms with Gasteiger partial charge in [0.2, 0.25) is 0 Å². The second kappa shape index (κ2) is 5.76. The minimum atomic E-state index is -0.220. The maximum absolute atomic E-state index is 12.1. The monoisotopic (exact) mass is 274 g/mol. The molecular weight excluding hydrogens is 260 g/mol. The third-order valence-corrected chi connectivity index (χ3v) is 2.99. The molecule has 0 saturated heterocycles. The van der Waals surface area contributed by atoms with Gasteiger partial charge in [-0.25, -0.2) is 0 Å². The van der Waals surface area contributed by atoms with Crippen molar-refractivity contribution in [3.63, 3.8) is 0 Å². The zero-order valence-electron chi connectivity index (χ0n) is 10.6. The number of aryl methyl sites for hydroxylation is 1. The molecule has 3 nitrogen and oxygen atoms in total. The van der Waals surface area contributed by atoms with Crippen molar-refractivity contribution in [3.8, 4) is 0 Å². The molecule has 2 aromatic carbocycles. The van der Waals surface area contributed by atoms with Gasteiger partial charge < -0.3 is 11.1 Å². The van der Waals surface area contributed by atoms with Crippen LogP contribution in [0, 0.1) is 0 Å². The summed E-state index contributed by atoms with van der Waals surface area (Å²) in [7, 11) is 0. The van der Waals surface area contributed by atoms with Gasteiger partial charge in [-0.05, 0) is 42.3 Å². The molecule has 0 spiro atoms. The van der Waals surface area contributed by atoms with Crippen molar-refractivity contribution in [1.29, 1.82) is 0 Å². The fourth-order valence-electron chi connectivity index (χ4n) is 1.82. The summed E-state index contributed by atoms with van der Waals surface area (Å²) in [5, 5.41) is 3.29. The van der Waals surface area contributed by atoms with Gasteiger partial charge in [-0.1, -0.05) is 30.7 Å². The number of amides is 1. The number of carbonyl (C=O) groups excluding carboxylic acids is 1. The highest BCUT2D eigenvalue weighted by molar-refractivity contribution is 6.31. The fraction of sp³-hybridized carbons (Fsp3) is 0.133. The molecule has 0 unspecified atom stereocenters. The Bertz CT molecular complexity index is 591. The zero-order chi connectivity index (χ0) is 13.8. The average Bonchev–Trinajstić information content (AvgIpc) is 2.37. The molecule has 19 heavy (non-hydrogen) atoms. The molecule has 98 valence electrons. The van der Waals surface area contributed by atoms with E-state index in [1.54, 1.807) is 18.2 Å². The fourth-order valence-corrected chi connectivity index (χ4v) is 2.06. The molecule has 0 aliphatic carbocycles. The van der Waals surface area contributed by atoms with Crippen molar-refractivity contribution in [2.24, 2.45) is 0 Å². The molecule has 3 N–H and O–H groups in total. The Morgan fingerprint density at radius 1 is 1.26 bits per heavy atom. The molecule has 0 aromatic heterocycles. The smallest absolute Gasteiger partial charge is 0.255 e. The van der Waals surface area contributed by atoms with Crippen LogP contribution >= 0.6 is 11.6 Å². The average molecular weight is 275 g/mol. The van der Waals surface area contributed by atoms with Gasteiger partial charge >= 0.3 is 0 Å². The van der Waals surface area contributed by atoms with Gasteiger partial charge in [0.25, 0.3) is 5.91 Å². The van der Waals surface area contributed by atoms with Crippen LogP contribution in [0.4, 0.5) is 11.4 Å². The molecule has 0 atom stereocenters. The Hall–Kier alpha value is -2.00. The molecule has 0 bridgehead atoms. The third kappa shape index (κ3) is 3.48. The summed E-state index contributed by atoms with van der Waals surface area (Å²) in [6, 6.07) is 12.5. The maximum atomic E-state index is 12.1. The summed E-state index contributed by atoms with van der Waals surface area (Å²) in [6.07, 6.45) is 0.924. The van der Waals surface area contributed by atoms with E-state index >= 15 is 0 Å². The topological polar surface area (TPSA) is 55.1 Å². The Morgan fingerprint density at radius 3 is 2.74 bits per heavy atom. The number of anilines is 2. The minimum Gasteiger partial charge on any atom is -0.399 e. The summed E-state index contributed by atoms with van der Waals surface area (Å²) in [5.41, 5.74) is 8.53. The number of nitrogens with two attached hydrogens (primary N) is 1. The van der Waals surface area contributed by atoms with Crippen LogP contribution in [0.25, 0.3) is 0 Å². The van der Waals surface area contributed by atoms with Crippen molar-refractivity contribution in [1.82, 2.24) is 0 Å². The molecule has 2 aromatic rings. The van der Waals surface area contributed by atoms with E-state index in [2.05, 4.69) is 12.2 Å². The zero-order valence-corrected chi connectivity index (χ0v) is 11.4. The first-order valence-electron chi connectivity index (χ1n) is 6.05. The van der Waals surface area contributed by atoms with Crippen LogP contribution in [0.1, 0.15) is 22.8 Å². The number of carbonyl (C=O) groups is 1. The molecular formula is C15H15ClN2O. The van der Waals surface area contributed by atoms with Crippen molar-refractivity contribution >= 4 is 28.9 Å². The molecule has 4 heteroatoms. The summed E-state index contributed by atoms with van der Waals surface area (Å²) in [6.45, 7) is 2.07. The second-order valence-electron chi connectivity index (χ2n) is 4.28. The standard InChI is InChI=1S/C15H15ClN2O/c1-2-10-4-3-5-14(6-10)18-15(19)11-7-12(16)9-13(17)8-11/h3-9H,2,17H2,1H3,(H,18,19). The van der Waals surface area contributed by atoms with E-state index in [1.807, 2.05) is 24.3 Å². The Kier molecular flexibility index (Phi) is 4.07. The molecule has 0 aliphatic heterocycles. The van der Waals surface area contributed by atoms with Crippen LogP contribution in [-0.2, 0) is 6.42 Å². The number of nitrogen functional groups attached to an aromatic ring is 1. The van der Waals surface area contributed by atoms with Gasteiger partial charge in [-0.2, -0.15) is 0 Å². The molecule has 0 saturated carbocycles. The van der Waals surface area contributed by atoms with E-state index in [1.165, 1.54) is 5.56 Å². The van der Waals surface area contributed by atoms with Crippen LogP contribution in [0.3, 0.4) is 0 Å². The lowest BCUT2D eigenvalue weighted by atomic mass is 10.1. The van der Waals surface area contributed by atoms with E-state index in [9.17, 15) is 4.79 Å². The third-order valence-electron chi connectivity index (χ3n) is 2.78. The van der Waals surface area contributed by atoms with Gasteiger partial charge in [-0.3, -0.25) is 4.79 Å². The van der Waals surface area contributed by atoms with Gasteiger partial charge in [0, 0.05) is 22.0 Å². The molecule has 0 fully saturated rings. The Morgan fingerprint density at radius 2 is 2.05 bits per heavy atom. The van der Waals surface area contributed by atoms with Crippen LogP contribution in [0.2, 0.25) is 5.02 Å². The SMILES string of the molecule is CCc1cccc(NC(=O)c2cc(N)cc(Cl)c2)c1. The molecule has 0 radical (unpaired) electrons. The predicted octanol–water partition coefficient (Wildman–Crippen LogP) is 3.74. The van der Waals surface area contributed by atoms with Gasteiger partial charge in [-0.15, -0.1) is 0 Å². The van der Waals surface area contributed by atoms with Crippen molar-refractivity contribution in [3.05, 3.63) is 58.6 Å². The molecule has 0 aliphatic rings. The first-order valence-corrected chi connectivity index (χ1v) is 6.42.